The molecule has 0 radical (unpaired) electrons. The van der Waals surface area contributed by atoms with E-state index >= 15 is 0 Å². The first-order chi connectivity index (χ1) is 8.19. The van der Waals surface area contributed by atoms with Crippen LogP contribution in [0.1, 0.15) is 38.4 Å². The number of nitrogens with zero attached hydrogens (tertiary/aromatic N) is 3. The molecule has 0 spiro atoms. The van der Waals surface area contributed by atoms with Crippen LogP contribution in [0.3, 0.4) is 0 Å². The van der Waals surface area contributed by atoms with Gasteiger partial charge in [0.1, 0.15) is 6.04 Å². The van der Waals surface area contributed by atoms with Gasteiger partial charge in [-0.3, -0.25) is 4.79 Å². The number of hydrogen-bond donors (Lipinski definition) is 2. The van der Waals surface area contributed by atoms with E-state index in [9.17, 15) is 4.79 Å². The monoisotopic (exact) mass is 239 g/mol. The van der Waals surface area contributed by atoms with E-state index in [-0.39, 0.29) is 11.9 Å². The Kier molecular flexibility index (Phi) is 5.62. The number of amides is 1. The molecule has 1 amide bonds. The fraction of sp³-hybridized carbons (Fsp3) is 0.727. The van der Waals surface area contributed by atoms with Crippen molar-refractivity contribution in [1.82, 2.24) is 20.3 Å². The average molecular weight is 239 g/mol. The predicted molar refractivity (Wildman–Crippen MR) is 65.4 cm³/mol. The normalized spacial score (nSPS) is 12.4. The summed E-state index contributed by atoms with van der Waals surface area (Å²) in [5, 5.41) is 10.8. The molecule has 0 aliphatic heterocycles. The van der Waals surface area contributed by atoms with Crippen LogP contribution >= 0.6 is 0 Å². The summed E-state index contributed by atoms with van der Waals surface area (Å²) in [7, 11) is 0. The van der Waals surface area contributed by atoms with E-state index in [1.807, 2.05) is 20.0 Å². The lowest BCUT2D eigenvalue weighted by molar-refractivity contribution is -0.124. The first-order valence-electron chi connectivity index (χ1n) is 6.07. The zero-order chi connectivity index (χ0) is 12.7. The molecule has 6 nitrogen and oxygen atoms in total. The number of nitrogens with two attached hydrogens (primary N) is 1. The number of rotatable bonds is 7. The highest BCUT2D eigenvalue weighted by atomic mass is 16.2. The molecule has 1 aromatic rings. The third-order valence-corrected chi connectivity index (χ3v) is 2.57. The van der Waals surface area contributed by atoms with Crippen LogP contribution in [0.25, 0.3) is 0 Å². The van der Waals surface area contributed by atoms with E-state index in [4.69, 9.17) is 5.73 Å². The van der Waals surface area contributed by atoms with Gasteiger partial charge in [-0.05, 0) is 39.7 Å². The Bertz CT molecular complexity index is 349. The van der Waals surface area contributed by atoms with Gasteiger partial charge in [-0.15, -0.1) is 5.10 Å². The van der Waals surface area contributed by atoms with Gasteiger partial charge in [0.2, 0.25) is 5.91 Å². The summed E-state index contributed by atoms with van der Waals surface area (Å²) in [6, 6.07) is -0.314. The Morgan fingerprint density at radius 3 is 3.00 bits per heavy atom. The highest BCUT2D eigenvalue weighted by Crippen LogP contribution is 2.06. The zero-order valence-corrected chi connectivity index (χ0v) is 10.5. The SMILES string of the molecule is CCNC(=O)C(C)n1cc(CCCCN)nn1. The van der Waals surface area contributed by atoms with Crippen LogP contribution in [-0.2, 0) is 11.2 Å². The van der Waals surface area contributed by atoms with Crippen molar-refractivity contribution in [3.63, 3.8) is 0 Å². The molecule has 0 aliphatic rings. The molecule has 1 aromatic heterocycles. The van der Waals surface area contributed by atoms with Crippen molar-refractivity contribution in [2.24, 2.45) is 5.73 Å². The molecule has 0 saturated carbocycles. The molecule has 17 heavy (non-hydrogen) atoms. The molecule has 0 aromatic carbocycles. The predicted octanol–water partition coefficient (Wildman–Crippen LogP) is 0.257. The summed E-state index contributed by atoms with van der Waals surface area (Å²) in [6.07, 6.45) is 4.68. The van der Waals surface area contributed by atoms with E-state index < -0.39 is 0 Å². The van der Waals surface area contributed by atoms with Crippen LogP contribution in [0.4, 0.5) is 0 Å². The molecule has 6 heteroatoms. The van der Waals surface area contributed by atoms with Crippen LogP contribution in [0.5, 0.6) is 0 Å². The number of aryl methyl sites for hydroxylation is 1. The van der Waals surface area contributed by atoms with Gasteiger partial charge in [-0.1, -0.05) is 5.21 Å². The van der Waals surface area contributed by atoms with Crippen molar-refractivity contribution in [1.29, 1.82) is 0 Å². The van der Waals surface area contributed by atoms with Crippen molar-refractivity contribution in [2.75, 3.05) is 13.1 Å². The highest BCUT2D eigenvalue weighted by Gasteiger charge is 2.15. The maximum atomic E-state index is 11.6. The second-order valence-electron chi connectivity index (χ2n) is 4.01. The van der Waals surface area contributed by atoms with Gasteiger partial charge in [0, 0.05) is 12.7 Å². The molecule has 0 saturated heterocycles. The number of nitrogens with one attached hydrogen (secondary N) is 1. The molecule has 1 atom stereocenters. The zero-order valence-electron chi connectivity index (χ0n) is 10.5. The summed E-state index contributed by atoms with van der Waals surface area (Å²) < 4.78 is 1.60. The Balaban J connectivity index is 2.51. The van der Waals surface area contributed by atoms with Gasteiger partial charge in [0.15, 0.2) is 0 Å². The molecule has 1 unspecified atom stereocenters. The topological polar surface area (TPSA) is 85.8 Å². The first-order valence-corrected chi connectivity index (χ1v) is 6.07. The minimum Gasteiger partial charge on any atom is -0.355 e. The maximum absolute atomic E-state index is 11.6. The minimum atomic E-state index is -0.314. The third-order valence-electron chi connectivity index (χ3n) is 2.57. The van der Waals surface area contributed by atoms with E-state index in [0.717, 1.165) is 25.0 Å². The molecule has 0 aliphatic carbocycles. The van der Waals surface area contributed by atoms with E-state index in [0.29, 0.717) is 13.1 Å². The Labute approximate surface area is 102 Å². The number of unbranched alkanes of at least 4 members (excludes halogenated alkanes) is 1. The van der Waals surface area contributed by atoms with Crippen LogP contribution in [0.2, 0.25) is 0 Å². The van der Waals surface area contributed by atoms with Gasteiger partial charge in [-0.2, -0.15) is 0 Å². The first kappa shape index (κ1) is 13.6. The number of likely N-dealkylation sites (N-methyl/N-ethyl adjacent to an activating group) is 1. The lowest BCUT2D eigenvalue weighted by atomic mass is 10.2. The summed E-state index contributed by atoms with van der Waals surface area (Å²) in [6.45, 7) is 5.03. The highest BCUT2D eigenvalue weighted by molar-refractivity contribution is 5.79. The van der Waals surface area contributed by atoms with Crippen molar-refractivity contribution in [3.05, 3.63) is 11.9 Å². The van der Waals surface area contributed by atoms with Gasteiger partial charge >= 0.3 is 0 Å². The van der Waals surface area contributed by atoms with Crippen molar-refractivity contribution >= 4 is 5.91 Å². The number of aromatic nitrogens is 3. The Hall–Kier alpha value is -1.43. The Morgan fingerprint density at radius 2 is 2.35 bits per heavy atom. The quantitative estimate of drug-likeness (QED) is 0.668. The van der Waals surface area contributed by atoms with Gasteiger partial charge in [0.05, 0.1) is 5.69 Å². The summed E-state index contributed by atoms with van der Waals surface area (Å²) >= 11 is 0. The van der Waals surface area contributed by atoms with Crippen LogP contribution in [-0.4, -0.2) is 34.0 Å². The molecule has 0 bridgehead atoms. The molecular formula is C11H21N5O. The summed E-state index contributed by atoms with van der Waals surface area (Å²) in [5.74, 6) is -0.0362. The van der Waals surface area contributed by atoms with E-state index in [1.165, 1.54) is 0 Å². The second kappa shape index (κ2) is 7.01. The van der Waals surface area contributed by atoms with Crippen LogP contribution in [0, 0.1) is 0 Å². The fourth-order valence-corrected chi connectivity index (χ4v) is 1.51. The Morgan fingerprint density at radius 1 is 1.59 bits per heavy atom. The number of carbonyl (C=O) groups excluding carboxylic acids is 1. The fourth-order valence-electron chi connectivity index (χ4n) is 1.51. The van der Waals surface area contributed by atoms with Gasteiger partial charge in [-0.25, -0.2) is 4.68 Å². The number of hydrogen-bond acceptors (Lipinski definition) is 4. The van der Waals surface area contributed by atoms with Gasteiger partial charge < -0.3 is 11.1 Å². The molecular weight excluding hydrogens is 218 g/mol. The summed E-state index contributed by atoms with van der Waals surface area (Å²) in [5.41, 5.74) is 6.34. The lowest BCUT2D eigenvalue weighted by Crippen LogP contribution is -2.31. The van der Waals surface area contributed by atoms with E-state index in [1.54, 1.807) is 4.68 Å². The van der Waals surface area contributed by atoms with Gasteiger partial charge in [0.25, 0.3) is 0 Å². The molecule has 1 heterocycles. The average Bonchev–Trinajstić information content (AvgIpc) is 2.77. The lowest BCUT2D eigenvalue weighted by Gasteiger charge is -2.10. The third kappa shape index (κ3) is 4.14. The minimum absolute atomic E-state index is 0.0362. The van der Waals surface area contributed by atoms with Crippen LogP contribution < -0.4 is 11.1 Å². The number of carbonyl (C=O) groups is 1. The largest absolute Gasteiger partial charge is 0.355 e. The maximum Gasteiger partial charge on any atom is 0.244 e. The molecule has 1 rings (SSSR count). The molecule has 3 N–H and O–H groups in total. The second-order valence-corrected chi connectivity index (χ2v) is 4.01. The summed E-state index contributed by atoms with van der Waals surface area (Å²) in [4.78, 5) is 11.6. The van der Waals surface area contributed by atoms with E-state index in [2.05, 4.69) is 15.6 Å². The van der Waals surface area contributed by atoms with Crippen molar-refractivity contribution < 1.29 is 4.79 Å². The smallest absolute Gasteiger partial charge is 0.244 e. The molecule has 0 fully saturated rings. The molecule has 96 valence electrons. The van der Waals surface area contributed by atoms with Crippen molar-refractivity contribution in [2.45, 2.75) is 39.2 Å². The standard InChI is InChI=1S/C11H21N5O/c1-3-13-11(17)9(2)16-8-10(14-15-16)6-4-5-7-12/h8-9H,3-7,12H2,1-2H3,(H,13,17). The van der Waals surface area contributed by atoms with Crippen LogP contribution in [0.15, 0.2) is 6.20 Å². The van der Waals surface area contributed by atoms with Crippen molar-refractivity contribution in [3.8, 4) is 0 Å².